The third-order valence-corrected chi connectivity index (χ3v) is 2.99. The summed E-state index contributed by atoms with van der Waals surface area (Å²) in [5.41, 5.74) is 0.401. The number of carbonyl (C=O) groups is 2. The number of carboxylic acids is 1. The second-order valence-electron chi connectivity index (χ2n) is 3.22. The molecule has 1 unspecified atom stereocenters. The van der Waals surface area contributed by atoms with Crippen molar-refractivity contribution in [2.75, 3.05) is 6.54 Å². The third-order valence-electron chi connectivity index (χ3n) is 2.26. The van der Waals surface area contributed by atoms with Crippen molar-refractivity contribution in [1.29, 1.82) is 0 Å². The molecule has 1 aliphatic heterocycles. The van der Waals surface area contributed by atoms with E-state index in [1.54, 1.807) is 0 Å². The van der Waals surface area contributed by atoms with Gasteiger partial charge in [-0.2, -0.15) is 0 Å². The molecule has 1 aliphatic rings. The Balaban J connectivity index is 2.72. The summed E-state index contributed by atoms with van der Waals surface area (Å²) in [6.45, 7) is 4.06. The fourth-order valence-corrected chi connectivity index (χ4v) is 1.78. The van der Waals surface area contributed by atoms with Gasteiger partial charge in [-0.05, 0) is 0 Å². The number of amides is 1. The Labute approximate surface area is 90.8 Å². The van der Waals surface area contributed by atoms with E-state index < -0.39 is 12.0 Å². The molecule has 4 nitrogen and oxygen atoms in total. The van der Waals surface area contributed by atoms with E-state index in [0.717, 1.165) is 0 Å². The number of hydrogen-bond donors (Lipinski definition) is 0. The molecule has 1 fully saturated rings. The molecule has 0 spiro atoms. The van der Waals surface area contributed by atoms with Crippen LogP contribution in [0.3, 0.4) is 0 Å². The van der Waals surface area contributed by atoms with E-state index in [1.165, 1.54) is 4.90 Å². The number of carbonyl (C=O) groups excluding carboxylic acids is 2. The van der Waals surface area contributed by atoms with Gasteiger partial charge in [0.05, 0.1) is 0 Å². The van der Waals surface area contributed by atoms with Crippen LogP contribution in [0.25, 0.3) is 0 Å². The standard InChI is InChI=1S/C9H12NO3Se/c1-6(5-14)8(11)10-4-2-3-7(10)9(12)13/h7H,1-5H2,(H,12,13)/p-1. The van der Waals surface area contributed by atoms with Gasteiger partial charge in [-0.25, -0.2) is 0 Å². The fourth-order valence-electron chi connectivity index (χ4n) is 1.52. The number of rotatable bonds is 3. The summed E-state index contributed by atoms with van der Waals surface area (Å²) in [7, 11) is 0. The van der Waals surface area contributed by atoms with Crippen LogP contribution in [0, 0.1) is 0 Å². The molecule has 0 aliphatic carbocycles. The third kappa shape index (κ3) is 2.16. The molecule has 0 aromatic carbocycles. The molecule has 1 saturated heterocycles. The van der Waals surface area contributed by atoms with Gasteiger partial charge in [-0.15, -0.1) is 0 Å². The zero-order chi connectivity index (χ0) is 10.7. The van der Waals surface area contributed by atoms with Gasteiger partial charge in [-0.1, -0.05) is 0 Å². The van der Waals surface area contributed by atoms with Gasteiger partial charge >= 0.3 is 90.4 Å². The average molecular weight is 260 g/mol. The topological polar surface area (TPSA) is 60.4 Å². The van der Waals surface area contributed by atoms with E-state index in [4.69, 9.17) is 0 Å². The van der Waals surface area contributed by atoms with Crippen molar-refractivity contribution >= 4 is 27.9 Å². The molecule has 1 heterocycles. The van der Waals surface area contributed by atoms with Crippen molar-refractivity contribution in [3.8, 4) is 0 Å². The monoisotopic (exact) mass is 261 g/mol. The zero-order valence-corrected chi connectivity index (χ0v) is 9.41. The van der Waals surface area contributed by atoms with Crippen molar-refractivity contribution in [2.45, 2.75) is 24.2 Å². The first-order chi connectivity index (χ1) is 6.57. The van der Waals surface area contributed by atoms with Crippen molar-refractivity contribution in [3.05, 3.63) is 12.2 Å². The quantitative estimate of drug-likeness (QED) is 0.476. The second-order valence-corrected chi connectivity index (χ2v) is 3.83. The van der Waals surface area contributed by atoms with E-state index in [0.29, 0.717) is 30.3 Å². The minimum atomic E-state index is -1.18. The Morgan fingerprint density at radius 3 is 2.71 bits per heavy atom. The van der Waals surface area contributed by atoms with Crippen molar-refractivity contribution in [1.82, 2.24) is 4.90 Å². The summed E-state index contributed by atoms with van der Waals surface area (Å²) >= 11 is 2.68. The van der Waals surface area contributed by atoms with Crippen LogP contribution in [0.15, 0.2) is 12.2 Å². The van der Waals surface area contributed by atoms with Gasteiger partial charge < -0.3 is 0 Å². The summed E-state index contributed by atoms with van der Waals surface area (Å²) in [6.07, 6.45) is 1.19. The van der Waals surface area contributed by atoms with Gasteiger partial charge in [0.1, 0.15) is 0 Å². The van der Waals surface area contributed by atoms with Crippen LogP contribution < -0.4 is 5.11 Å². The zero-order valence-electron chi connectivity index (χ0n) is 7.69. The molecular weight excluding hydrogens is 249 g/mol. The molecule has 0 N–H and O–H groups in total. The molecule has 1 rings (SSSR count). The van der Waals surface area contributed by atoms with Crippen molar-refractivity contribution in [2.24, 2.45) is 0 Å². The number of carboxylic acid groups (broad SMARTS) is 1. The normalized spacial score (nSPS) is 20.9. The van der Waals surface area contributed by atoms with E-state index in [2.05, 4.69) is 22.6 Å². The summed E-state index contributed by atoms with van der Waals surface area (Å²) in [5, 5.41) is 11.1. The molecule has 0 aromatic rings. The van der Waals surface area contributed by atoms with Crippen LogP contribution in [0.1, 0.15) is 12.8 Å². The number of aliphatic carboxylic acids is 1. The first kappa shape index (κ1) is 11.3. The van der Waals surface area contributed by atoms with Gasteiger partial charge in [0.15, 0.2) is 0 Å². The SMILES string of the molecule is C=C(C[Se])C(=O)N1CCCC1C(=O)[O-]. The van der Waals surface area contributed by atoms with E-state index in [-0.39, 0.29) is 5.91 Å². The van der Waals surface area contributed by atoms with Crippen molar-refractivity contribution in [3.63, 3.8) is 0 Å². The number of likely N-dealkylation sites (tertiary alicyclic amines) is 1. The Morgan fingerprint density at radius 2 is 2.21 bits per heavy atom. The minimum absolute atomic E-state index is 0.282. The maximum absolute atomic E-state index is 11.6. The fraction of sp³-hybridized carbons (Fsp3) is 0.556. The van der Waals surface area contributed by atoms with Crippen molar-refractivity contribution < 1.29 is 14.7 Å². The Kier molecular flexibility index (Phi) is 3.72. The average Bonchev–Trinajstić information content (AvgIpc) is 2.63. The van der Waals surface area contributed by atoms with Gasteiger partial charge in [-0.3, -0.25) is 0 Å². The van der Waals surface area contributed by atoms with E-state index in [9.17, 15) is 14.7 Å². The molecule has 1 amide bonds. The molecule has 0 aromatic heterocycles. The molecule has 77 valence electrons. The first-order valence-corrected chi connectivity index (χ1v) is 5.56. The molecule has 5 heteroatoms. The molecule has 14 heavy (non-hydrogen) atoms. The van der Waals surface area contributed by atoms with Crippen LogP contribution in [0.5, 0.6) is 0 Å². The van der Waals surface area contributed by atoms with Gasteiger partial charge in [0.2, 0.25) is 0 Å². The predicted octanol–water partition coefficient (Wildman–Crippen LogP) is -1.13. The summed E-state index contributed by atoms with van der Waals surface area (Å²) in [4.78, 5) is 23.6. The van der Waals surface area contributed by atoms with Crippen LogP contribution in [-0.2, 0) is 9.59 Å². The predicted molar refractivity (Wildman–Crippen MR) is 49.4 cm³/mol. The number of nitrogens with zero attached hydrogens (tertiary/aromatic N) is 1. The summed E-state index contributed by atoms with van der Waals surface area (Å²) in [5.74, 6) is -1.46. The molecule has 1 atom stereocenters. The van der Waals surface area contributed by atoms with Crippen LogP contribution in [-0.4, -0.2) is 45.4 Å². The van der Waals surface area contributed by atoms with E-state index in [1.807, 2.05) is 0 Å². The Hall–Kier alpha value is -0.801. The van der Waals surface area contributed by atoms with E-state index >= 15 is 0 Å². The molecule has 1 radical (unpaired) electrons. The van der Waals surface area contributed by atoms with Gasteiger partial charge in [0.25, 0.3) is 0 Å². The van der Waals surface area contributed by atoms with Crippen LogP contribution in [0.4, 0.5) is 0 Å². The number of hydrogen-bond acceptors (Lipinski definition) is 3. The summed E-state index contributed by atoms with van der Waals surface area (Å²) < 4.78 is 0. The first-order valence-electron chi connectivity index (χ1n) is 4.35. The molecule has 0 saturated carbocycles. The van der Waals surface area contributed by atoms with Crippen LogP contribution >= 0.6 is 0 Å². The van der Waals surface area contributed by atoms with Crippen LogP contribution in [0.2, 0.25) is 5.32 Å². The summed E-state index contributed by atoms with van der Waals surface area (Å²) in [6, 6.07) is -0.772. The Morgan fingerprint density at radius 1 is 1.57 bits per heavy atom. The molecule has 0 bridgehead atoms. The maximum atomic E-state index is 11.6. The Bertz CT molecular complexity index is 277. The van der Waals surface area contributed by atoms with Gasteiger partial charge in [0, 0.05) is 0 Å². The second kappa shape index (κ2) is 4.62. The molecular formula is C9H11NO3Se-.